The first kappa shape index (κ1) is 13.6. The molecule has 1 aromatic heterocycles. The van der Waals surface area contributed by atoms with Crippen molar-refractivity contribution < 1.29 is 9.53 Å². The number of hydrogen-bond donors (Lipinski definition) is 1. The molecule has 3 heteroatoms. The molecule has 112 valence electrons. The van der Waals surface area contributed by atoms with E-state index in [9.17, 15) is 4.79 Å². The van der Waals surface area contributed by atoms with Crippen LogP contribution in [0.25, 0.3) is 32.9 Å². The lowest BCUT2D eigenvalue weighted by Crippen LogP contribution is -2.03. The van der Waals surface area contributed by atoms with Gasteiger partial charge in [-0.1, -0.05) is 42.5 Å². The summed E-state index contributed by atoms with van der Waals surface area (Å²) in [4.78, 5) is 15.4. The molecule has 0 atom stereocenters. The lowest BCUT2D eigenvalue weighted by Gasteiger charge is -2.08. The fourth-order valence-corrected chi connectivity index (χ4v) is 3.04. The molecule has 0 spiro atoms. The molecule has 0 saturated carbocycles. The number of nitrogens with one attached hydrogen (secondary N) is 1. The molecule has 0 aliphatic carbocycles. The van der Waals surface area contributed by atoms with Crippen LogP contribution in [0.1, 0.15) is 10.4 Å². The van der Waals surface area contributed by atoms with Gasteiger partial charge in [0.05, 0.1) is 12.7 Å². The van der Waals surface area contributed by atoms with E-state index in [-0.39, 0.29) is 5.97 Å². The van der Waals surface area contributed by atoms with E-state index in [0.29, 0.717) is 5.56 Å². The minimum atomic E-state index is -0.320. The minimum Gasteiger partial charge on any atom is -0.465 e. The summed E-state index contributed by atoms with van der Waals surface area (Å²) in [5, 5.41) is 2.33. The number of esters is 1. The largest absolute Gasteiger partial charge is 0.465 e. The summed E-state index contributed by atoms with van der Waals surface area (Å²) in [6.45, 7) is 0. The van der Waals surface area contributed by atoms with Crippen molar-refractivity contribution in [3.05, 3.63) is 72.3 Å². The summed E-state index contributed by atoms with van der Waals surface area (Å²) >= 11 is 0. The molecule has 1 heterocycles. The van der Waals surface area contributed by atoms with Gasteiger partial charge in [-0.15, -0.1) is 0 Å². The summed E-state index contributed by atoms with van der Waals surface area (Å²) < 4.78 is 4.90. The van der Waals surface area contributed by atoms with Gasteiger partial charge in [-0.05, 0) is 35.4 Å². The molecule has 0 unspecified atom stereocenters. The van der Waals surface area contributed by atoms with E-state index in [1.165, 1.54) is 12.5 Å². The van der Waals surface area contributed by atoms with E-state index in [4.69, 9.17) is 4.74 Å². The van der Waals surface area contributed by atoms with Crippen LogP contribution in [0, 0.1) is 0 Å². The fraction of sp³-hybridized carbons (Fsp3) is 0.0500. The first-order chi connectivity index (χ1) is 11.3. The smallest absolute Gasteiger partial charge is 0.338 e. The molecule has 3 aromatic carbocycles. The number of fused-ring (bicyclic) bond motifs is 3. The van der Waals surface area contributed by atoms with E-state index in [0.717, 1.165) is 27.5 Å². The SMILES string of the molecule is COC(=O)c1ccccc1-c1ccc2[nH]c3ccccc3c2c1. The predicted octanol–water partition coefficient (Wildman–Crippen LogP) is 4.77. The summed E-state index contributed by atoms with van der Waals surface area (Å²) in [6, 6.07) is 21.9. The van der Waals surface area contributed by atoms with E-state index >= 15 is 0 Å². The second-order valence-electron chi connectivity index (χ2n) is 5.47. The molecule has 0 saturated heterocycles. The third kappa shape index (κ3) is 2.18. The van der Waals surface area contributed by atoms with Gasteiger partial charge < -0.3 is 9.72 Å². The van der Waals surface area contributed by atoms with Gasteiger partial charge >= 0.3 is 5.97 Å². The standard InChI is InChI=1S/C20H15NO2/c1-23-20(22)16-8-3-2-6-14(16)13-10-11-19-17(12-13)15-7-4-5-9-18(15)21-19/h2-12,21H,1H3. The molecule has 4 rings (SSSR count). The molecule has 0 amide bonds. The average molecular weight is 301 g/mol. The lowest BCUT2D eigenvalue weighted by molar-refractivity contribution is 0.0601. The van der Waals surface area contributed by atoms with Crippen LogP contribution >= 0.6 is 0 Å². The van der Waals surface area contributed by atoms with E-state index in [1.54, 1.807) is 6.07 Å². The van der Waals surface area contributed by atoms with Gasteiger partial charge in [-0.2, -0.15) is 0 Å². The zero-order valence-electron chi connectivity index (χ0n) is 12.7. The van der Waals surface area contributed by atoms with Crippen LogP contribution in [0.15, 0.2) is 66.7 Å². The Bertz CT molecular complexity index is 1030. The van der Waals surface area contributed by atoms with Crippen molar-refractivity contribution in [2.45, 2.75) is 0 Å². The van der Waals surface area contributed by atoms with Gasteiger partial charge in [0.25, 0.3) is 0 Å². The molecule has 4 aromatic rings. The fourth-order valence-electron chi connectivity index (χ4n) is 3.04. The lowest BCUT2D eigenvalue weighted by atomic mass is 9.98. The number of carbonyl (C=O) groups excluding carboxylic acids is 1. The Hall–Kier alpha value is -3.07. The number of H-pyrrole nitrogens is 1. The molecule has 0 bridgehead atoms. The van der Waals surface area contributed by atoms with Crippen LogP contribution in [-0.2, 0) is 4.74 Å². The molecule has 3 nitrogen and oxygen atoms in total. The van der Waals surface area contributed by atoms with Crippen molar-refractivity contribution in [3.8, 4) is 11.1 Å². The van der Waals surface area contributed by atoms with Crippen LogP contribution in [0.5, 0.6) is 0 Å². The van der Waals surface area contributed by atoms with Crippen LogP contribution in [0.2, 0.25) is 0 Å². The van der Waals surface area contributed by atoms with E-state index in [1.807, 2.05) is 36.4 Å². The molecule has 0 fully saturated rings. The summed E-state index contributed by atoms with van der Waals surface area (Å²) in [5.41, 5.74) is 4.66. The van der Waals surface area contributed by atoms with Gasteiger partial charge in [0.2, 0.25) is 0 Å². The van der Waals surface area contributed by atoms with Crippen LogP contribution in [0.3, 0.4) is 0 Å². The number of aromatic amines is 1. The number of methoxy groups -OCH3 is 1. The molecule has 1 N–H and O–H groups in total. The van der Waals surface area contributed by atoms with Crippen LogP contribution in [0.4, 0.5) is 0 Å². The van der Waals surface area contributed by atoms with Crippen molar-refractivity contribution in [1.82, 2.24) is 4.98 Å². The highest BCUT2D eigenvalue weighted by molar-refractivity contribution is 6.09. The number of benzene rings is 3. The second-order valence-corrected chi connectivity index (χ2v) is 5.47. The maximum atomic E-state index is 12.0. The number of carbonyl (C=O) groups is 1. The maximum Gasteiger partial charge on any atom is 0.338 e. The van der Waals surface area contributed by atoms with Gasteiger partial charge in [0, 0.05) is 21.8 Å². The van der Waals surface area contributed by atoms with Crippen molar-refractivity contribution >= 4 is 27.8 Å². The number of hydrogen-bond acceptors (Lipinski definition) is 2. The molecule has 0 aliphatic rings. The van der Waals surface area contributed by atoms with Crippen molar-refractivity contribution in [2.24, 2.45) is 0 Å². The Morgan fingerprint density at radius 1 is 0.870 bits per heavy atom. The maximum absolute atomic E-state index is 12.0. The number of ether oxygens (including phenoxy) is 1. The molecule has 23 heavy (non-hydrogen) atoms. The normalized spacial score (nSPS) is 11.0. The zero-order chi connectivity index (χ0) is 15.8. The first-order valence-electron chi connectivity index (χ1n) is 7.46. The Labute approximate surface area is 133 Å². The van der Waals surface area contributed by atoms with Gasteiger partial charge in [0.1, 0.15) is 0 Å². The Morgan fingerprint density at radius 3 is 2.48 bits per heavy atom. The van der Waals surface area contributed by atoms with Gasteiger partial charge in [-0.25, -0.2) is 4.79 Å². The summed E-state index contributed by atoms with van der Waals surface area (Å²) in [6.07, 6.45) is 0. The van der Waals surface area contributed by atoms with Crippen molar-refractivity contribution in [3.63, 3.8) is 0 Å². The van der Waals surface area contributed by atoms with E-state index < -0.39 is 0 Å². The Kier molecular flexibility index (Phi) is 3.12. The van der Waals surface area contributed by atoms with Gasteiger partial charge in [-0.3, -0.25) is 0 Å². The number of rotatable bonds is 2. The highest BCUT2D eigenvalue weighted by atomic mass is 16.5. The Balaban J connectivity index is 1.97. The van der Waals surface area contributed by atoms with Crippen molar-refractivity contribution in [1.29, 1.82) is 0 Å². The van der Waals surface area contributed by atoms with E-state index in [2.05, 4.69) is 29.2 Å². The van der Waals surface area contributed by atoms with Gasteiger partial charge in [0.15, 0.2) is 0 Å². The minimum absolute atomic E-state index is 0.320. The quantitative estimate of drug-likeness (QED) is 0.542. The number of aromatic nitrogens is 1. The highest BCUT2D eigenvalue weighted by Crippen LogP contribution is 2.31. The Morgan fingerprint density at radius 2 is 1.61 bits per heavy atom. The number of para-hydroxylation sites is 1. The second kappa shape index (κ2) is 5.29. The van der Waals surface area contributed by atoms with Crippen LogP contribution in [-0.4, -0.2) is 18.1 Å². The third-order valence-corrected chi connectivity index (χ3v) is 4.15. The predicted molar refractivity (Wildman–Crippen MR) is 92.6 cm³/mol. The first-order valence-corrected chi connectivity index (χ1v) is 7.46. The molecule has 0 aliphatic heterocycles. The monoisotopic (exact) mass is 301 g/mol. The van der Waals surface area contributed by atoms with Crippen molar-refractivity contribution in [2.75, 3.05) is 7.11 Å². The highest BCUT2D eigenvalue weighted by Gasteiger charge is 2.13. The average Bonchev–Trinajstić information content (AvgIpc) is 2.99. The summed E-state index contributed by atoms with van der Waals surface area (Å²) in [7, 11) is 1.40. The zero-order valence-corrected chi connectivity index (χ0v) is 12.7. The molecular formula is C20H15NO2. The molecular weight excluding hydrogens is 286 g/mol. The van der Waals surface area contributed by atoms with Crippen LogP contribution < -0.4 is 0 Å². The third-order valence-electron chi connectivity index (χ3n) is 4.15. The molecule has 0 radical (unpaired) electrons. The topological polar surface area (TPSA) is 42.1 Å². The summed E-state index contributed by atoms with van der Waals surface area (Å²) in [5.74, 6) is -0.320.